The van der Waals surface area contributed by atoms with Gasteiger partial charge in [-0.1, -0.05) is 25.4 Å². The second-order valence-corrected chi connectivity index (χ2v) is 6.49. The molecule has 22 heavy (non-hydrogen) atoms. The van der Waals surface area contributed by atoms with Crippen molar-refractivity contribution in [3.63, 3.8) is 0 Å². The lowest BCUT2D eigenvalue weighted by Gasteiger charge is -2.43. The van der Waals surface area contributed by atoms with Crippen LogP contribution in [0.15, 0.2) is 21.8 Å². The van der Waals surface area contributed by atoms with Gasteiger partial charge in [0.15, 0.2) is 5.96 Å². The molecule has 0 aliphatic heterocycles. The molecule has 126 valence electrons. The topological polar surface area (TPSA) is 62.5 Å². The van der Waals surface area contributed by atoms with Gasteiger partial charge in [-0.3, -0.25) is 0 Å². The average Bonchev–Trinajstić information content (AvgIpc) is 2.91. The standard InChI is InChI=1S/C16H28N4O.HI/c1-4-17-15(18-11-14-6-9-21-20-14)19-12-16(7-5-8-16)10-13(2)3;/h6,9,13H,4-5,7-8,10-12H2,1-3H3,(H2,17,18,19);1H. The minimum Gasteiger partial charge on any atom is -0.364 e. The summed E-state index contributed by atoms with van der Waals surface area (Å²) in [7, 11) is 0. The molecule has 6 heteroatoms. The summed E-state index contributed by atoms with van der Waals surface area (Å²) in [6, 6.07) is 1.85. The van der Waals surface area contributed by atoms with E-state index in [0.29, 0.717) is 12.0 Å². The number of hydrogen-bond acceptors (Lipinski definition) is 3. The molecule has 0 atom stereocenters. The van der Waals surface area contributed by atoms with E-state index in [1.807, 2.05) is 6.07 Å². The first-order chi connectivity index (χ1) is 10.1. The van der Waals surface area contributed by atoms with E-state index in [9.17, 15) is 0 Å². The Bertz CT molecular complexity index is 441. The summed E-state index contributed by atoms with van der Waals surface area (Å²) < 4.78 is 4.83. The molecule has 1 aliphatic carbocycles. The highest BCUT2D eigenvalue weighted by Gasteiger charge is 2.37. The Labute approximate surface area is 150 Å². The van der Waals surface area contributed by atoms with Crippen molar-refractivity contribution in [2.24, 2.45) is 16.3 Å². The summed E-state index contributed by atoms with van der Waals surface area (Å²) in [5.41, 5.74) is 1.32. The van der Waals surface area contributed by atoms with Crippen molar-refractivity contribution in [3.05, 3.63) is 18.0 Å². The van der Waals surface area contributed by atoms with Crippen molar-refractivity contribution in [1.82, 2.24) is 15.8 Å². The average molecular weight is 420 g/mol. The minimum atomic E-state index is 0. The smallest absolute Gasteiger partial charge is 0.191 e. The number of hydrogen-bond donors (Lipinski definition) is 2. The number of aromatic nitrogens is 1. The predicted octanol–water partition coefficient (Wildman–Crippen LogP) is 3.56. The molecule has 0 aromatic carbocycles. The lowest BCUT2D eigenvalue weighted by Crippen LogP contribution is -2.47. The van der Waals surface area contributed by atoms with Crippen molar-refractivity contribution in [2.75, 3.05) is 13.1 Å². The van der Waals surface area contributed by atoms with Crippen molar-refractivity contribution in [1.29, 1.82) is 0 Å². The van der Waals surface area contributed by atoms with Crippen LogP contribution in [0.2, 0.25) is 0 Å². The lowest BCUT2D eigenvalue weighted by atomic mass is 9.64. The Kier molecular flexibility index (Phi) is 8.20. The summed E-state index contributed by atoms with van der Waals surface area (Å²) in [5.74, 6) is 1.62. The Morgan fingerprint density at radius 1 is 1.41 bits per heavy atom. The maximum absolute atomic E-state index is 4.83. The van der Waals surface area contributed by atoms with E-state index >= 15 is 0 Å². The van der Waals surface area contributed by atoms with E-state index in [-0.39, 0.29) is 24.0 Å². The van der Waals surface area contributed by atoms with Gasteiger partial charge in [-0.25, -0.2) is 4.99 Å². The number of aliphatic imine (C=N–C) groups is 1. The second kappa shape index (κ2) is 9.37. The van der Waals surface area contributed by atoms with Crippen LogP contribution in [0.25, 0.3) is 0 Å². The highest BCUT2D eigenvalue weighted by atomic mass is 127. The second-order valence-electron chi connectivity index (χ2n) is 6.49. The van der Waals surface area contributed by atoms with E-state index in [2.05, 4.69) is 41.6 Å². The fourth-order valence-electron chi connectivity index (χ4n) is 3.09. The SMILES string of the molecule is CCNC(=NCc1ccon1)NCC1(CC(C)C)CCC1.I. The van der Waals surface area contributed by atoms with Crippen LogP contribution in [0.5, 0.6) is 0 Å². The summed E-state index contributed by atoms with van der Waals surface area (Å²) in [6.07, 6.45) is 6.91. The first-order valence-electron chi connectivity index (χ1n) is 8.05. The molecule has 2 N–H and O–H groups in total. The van der Waals surface area contributed by atoms with Crippen molar-refractivity contribution < 1.29 is 4.52 Å². The molecule has 0 spiro atoms. The van der Waals surface area contributed by atoms with Crippen LogP contribution in [0.4, 0.5) is 0 Å². The Morgan fingerprint density at radius 2 is 2.18 bits per heavy atom. The van der Waals surface area contributed by atoms with E-state index in [4.69, 9.17) is 4.52 Å². The van der Waals surface area contributed by atoms with Crippen LogP contribution in [-0.2, 0) is 6.54 Å². The van der Waals surface area contributed by atoms with E-state index in [1.165, 1.54) is 25.7 Å². The lowest BCUT2D eigenvalue weighted by molar-refractivity contribution is 0.104. The van der Waals surface area contributed by atoms with E-state index in [0.717, 1.165) is 30.7 Å². The zero-order chi connectivity index (χ0) is 15.1. The van der Waals surface area contributed by atoms with E-state index in [1.54, 1.807) is 6.26 Å². The molecular weight excluding hydrogens is 391 g/mol. The van der Waals surface area contributed by atoms with Crippen molar-refractivity contribution in [3.8, 4) is 0 Å². The van der Waals surface area contributed by atoms with Crippen LogP contribution < -0.4 is 10.6 Å². The zero-order valence-corrected chi connectivity index (χ0v) is 16.2. The molecule has 1 heterocycles. The third-order valence-corrected chi connectivity index (χ3v) is 4.12. The molecule has 0 amide bonds. The van der Waals surface area contributed by atoms with Gasteiger partial charge in [0.1, 0.15) is 12.0 Å². The van der Waals surface area contributed by atoms with Gasteiger partial charge in [0.2, 0.25) is 0 Å². The predicted molar refractivity (Wildman–Crippen MR) is 100 cm³/mol. The molecule has 0 bridgehead atoms. The first kappa shape index (κ1) is 19.3. The molecule has 1 aliphatic rings. The van der Waals surface area contributed by atoms with Crippen LogP contribution in [0, 0.1) is 11.3 Å². The molecule has 1 aromatic rings. The van der Waals surface area contributed by atoms with Gasteiger partial charge < -0.3 is 15.2 Å². The van der Waals surface area contributed by atoms with Gasteiger partial charge in [-0.15, -0.1) is 24.0 Å². The number of halogens is 1. The van der Waals surface area contributed by atoms with Gasteiger partial charge in [-0.2, -0.15) is 0 Å². The normalized spacial score (nSPS) is 16.8. The van der Waals surface area contributed by atoms with Gasteiger partial charge in [-0.05, 0) is 37.5 Å². The van der Waals surface area contributed by atoms with E-state index < -0.39 is 0 Å². The molecule has 1 fully saturated rings. The largest absolute Gasteiger partial charge is 0.364 e. The Morgan fingerprint density at radius 3 is 2.68 bits per heavy atom. The van der Waals surface area contributed by atoms with Crippen molar-refractivity contribution in [2.45, 2.75) is 53.0 Å². The first-order valence-corrected chi connectivity index (χ1v) is 8.05. The summed E-state index contributed by atoms with van der Waals surface area (Å²) in [4.78, 5) is 4.57. The van der Waals surface area contributed by atoms with Gasteiger partial charge in [0, 0.05) is 19.2 Å². The molecule has 0 saturated heterocycles. The maximum atomic E-state index is 4.83. The third-order valence-electron chi connectivity index (χ3n) is 4.12. The Balaban J connectivity index is 0.00000242. The van der Waals surface area contributed by atoms with Crippen LogP contribution in [-0.4, -0.2) is 24.2 Å². The van der Waals surface area contributed by atoms with Gasteiger partial charge >= 0.3 is 0 Å². The number of nitrogens with one attached hydrogen (secondary N) is 2. The molecule has 0 radical (unpaired) electrons. The summed E-state index contributed by atoms with van der Waals surface area (Å²) >= 11 is 0. The molecule has 1 aromatic heterocycles. The van der Waals surface area contributed by atoms with Crippen LogP contribution in [0.1, 0.15) is 52.1 Å². The van der Waals surface area contributed by atoms with Gasteiger partial charge in [0.05, 0.1) is 6.54 Å². The van der Waals surface area contributed by atoms with Crippen LogP contribution in [0.3, 0.4) is 0 Å². The maximum Gasteiger partial charge on any atom is 0.191 e. The Hall–Kier alpha value is -0.790. The highest BCUT2D eigenvalue weighted by Crippen LogP contribution is 2.45. The fourth-order valence-corrected chi connectivity index (χ4v) is 3.09. The molecule has 1 saturated carbocycles. The zero-order valence-electron chi connectivity index (χ0n) is 13.9. The monoisotopic (exact) mass is 420 g/mol. The third kappa shape index (κ3) is 5.78. The molecular formula is C16H29IN4O. The quantitative estimate of drug-likeness (QED) is 0.402. The molecule has 0 unspecified atom stereocenters. The molecule has 5 nitrogen and oxygen atoms in total. The summed E-state index contributed by atoms with van der Waals surface area (Å²) in [5, 5.41) is 10.7. The fraction of sp³-hybridized carbons (Fsp3) is 0.750. The highest BCUT2D eigenvalue weighted by molar-refractivity contribution is 14.0. The number of guanidine groups is 1. The molecule has 2 rings (SSSR count). The summed E-state index contributed by atoms with van der Waals surface area (Å²) in [6.45, 7) is 9.12. The number of rotatable bonds is 7. The van der Waals surface area contributed by atoms with Gasteiger partial charge in [0.25, 0.3) is 0 Å². The van der Waals surface area contributed by atoms with Crippen molar-refractivity contribution >= 4 is 29.9 Å². The minimum absolute atomic E-state index is 0. The van der Waals surface area contributed by atoms with Crippen LogP contribution >= 0.6 is 24.0 Å². The number of nitrogens with zero attached hydrogens (tertiary/aromatic N) is 2.